The molecule has 0 radical (unpaired) electrons. The molecule has 0 bridgehead atoms. The lowest BCUT2D eigenvalue weighted by Crippen LogP contribution is -3.06. The Morgan fingerprint density at radius 1 is 1.33 bits per heavy atom. The molecule has 0 aromatic heterocycles. The molecule has 170 valence electrons. The van der Waals surface area contributed by atoms with Gasteiger partial charge in [0.15, 0.2) is 6.54 Å². The number of rotatable bonds is 12. The van der Waals surface area contributed by atoms with E-state index in [1.165, 1.54) is 10.5 Å². The summed E-state index contributed by atoms with van der Waals surface area (Å²) in [4.78, 5) is 13.8. The number of nitrogens with two attached hydrogens (primary N) is 1. The van der Waals surface area contributed by atoms with Gasteiger partial charge in [0, 0.05) is 30.6 Å². The highest BCUT2D eigenvalue weighted by atomic mass is 16.5. The van der Waals surface area contributed by atoms with Crippen molar-refractivity contribution in [3.8, 4) is 5.75 Å². The number of quaternary nitrogens is 2. The van der Waals surface area contributed by atoms with E-state index in [4.69, 9.17) is 9.47 Å². The van der Waals surface area contributed by atoms with E-state index in [0.29, 0.717) is 13.1 Å². The average Bonchev–Trinajstić information content (AvgIpc) is 2.73. The van der Waals surface area contributed by atoms with Crippen LogP contribution in [0.3, 0.4) is 0 Å². The first-order valence-corrected chi connectivity index (χ1v) is 11.5. The maximum Gasteiger partial charge on any atom is 0.275 e. The lowest BCUT2D eigenvalue weighted by molar-refractivity contribution is -0.860. The third kappa shape index (κ3) is 6.96. The van der Waals surface area contributed by atoms with Crippen LogP contribution in [0.2, 0.25) is 0 Å². The predicted octanol–water partition coefficient (Wildman–Crippen LogP) is 0.516. The molecule has 1 heterocycles. The van der Waals surface area contributed by atoms with Crippen LogP contribution < -0.4 is 20.3 Å². The van der Waals surface area contributed by atoms with Crippen molar-refractivity contribution < 1.29 is 24.5 Å². The fraction of sp³-hybridized carbons (Fsp3) is 0.708. The van der Waals surface area contributed by atoms with Gasteiger partial charge in [0.25, 0.3) is 5.91 Å². The van der Waals surface area contributed by atoms with E-state index in [9.17, 15) is 4.79 Å². The summed E-state index contributed by atoms with van der Waals surface area (Å²) in [7, 11) is 6.05. The van der Waals surface area contributed by atoms with Crippen molar-refractivity contribution in [2.24, 2.45) is 0 Å². The van der Waals surface area contributed by atoms with Crippen molar-refractivity contribution in [1.82, 2.24) is 5.32 Å². The number of benzene rings is 1. The minimum Gasteiger partial charge on any atom is -0.496 e. The second-order valence-electron chi connectivity index (χ2n) is 9.25. The van der Waals surface area contributed by atoms with Gasteiger partial charge in [-0.25, -0.2) is 0 Å². The summed E-state index contributed by atoms with van der Waals surface area (Å²) in [6, 6.07) is 8.33. The predicted molar refractivity (Wildman–Crippen MR) is 120 cm³/mol. The van der Waals surface area contributed by atoms with Gasteiger partial charge in [-0.2, -0.15) is 0 Å². The van der Waals surface area contributed by atoms with Crippen LogP contribution in [0.25, 0.3) is 0 Å². The quantitative estimate of drug-likeness (QED) is 0.431. The Morgan fingerprint density at radius 3 is 2.80 bits per heavy atom. The Morgan fingerprint density at radius 2 is 2.10 bits per heavy atom. The van der Waals surface area contributed by atoms with E-state index >= 15 is 0 Å². The number of carbonyl (C=O) groups is 1. The fourth-order valence-electron chi connectivity index (χ4n) is 4.58. The first-order valence-electron chi connectivity index (χ1n) is 11.5. The Hall–Kier alpha value is -1.63. The maximum atomic E-state index is 12.3. The van der Waals surface area contributed by atoms with Crippen LogP contribution in [0.1, 0.15) is 51.5 Å². The summed E-state index contributed by atoms with van der Waals surface area (Å²) in [5.41, 5.74) is 1.04. The number of ether oxygens (including phenoxy) is 2. The fourth-order valence-corrected chi connectivity index (χ4v) is 4.58. The van der Waals surface area contributed by atoms with Crippen LogP contribution >= 0.6 is 0 Å². The van der Waals surface area contributed by atoms with Gasteiger partial charge in [0.2, 0.25) is 0 Å². The molecule has 1 aliphatic rings. The monoisotopic (exact) mass is 421 g/mol. The molecule has 1 aromatic carbocycles. The molecule has 0 saturated carbocycles. The molecular formula is C24H43N3O3+2. The molecule has 30 heavy (non-hydrogen) atoms. The zero-order chi connectivity index (χ0) is 22.0. The normalized spacial score (nSPS) is 24.1. The molecule has 0 aliphatic carbocycles. The molecule has 2 rings (SSSR count). The highest BCUT2D eigenvalue weighted by molar-refractivity contribution is 5.76. The zero-order valence-corrected chi connectivity index (χ0v) is 19.7. The van der Waals surface area contributed by atoms with Crippen molar-refractivity contribution in [3.05, 3.63) is 29.8 Å². The van der Waals surface area contributed by atoms with Crippen molar-refractivity contribution in [1.29, 1.82) is 0 Å². The maximum absolute atomic E-state index is 12.3. The highest BCUT2D eigenvalue weighted by Gasteiger charge is 2.44. The van der Waals surface area contributed by atoms with Gasteiger partial charge in [-0.1, -0.05) is 25.1 Å². The summed E-state index contributed by atoms with van der Waals surface area (Å²) in [5, 5.41) is 5.26. The summed E-state index contributed by atoms with van der Waals surface area (Å²) >= 11 is 0. The van der Waals surface area contributed by atoms with Gasteiger partial charge < -0.3 is 25.0 Å². The van der Waals surface area contributed by atoms with Gasteiger partial charge in [-0.3, -0.25) is 4.79 Å². The van der Waals surface area contributed by atoms with E-state index in [0.717, 1.165) is 57.6 Å². The van der Waals surface area contributed by atoms with Crippen LogP contribution in [-0.2, 0) is 14.9 Å². The van der Waals surface area contributed by atoms with Gasteiger partial charge in [0.05, 0.1) is 39.9 Å². The summed E-state index contributed by atoms with van der Waals surface area (Å²) in [6.07, 6.45) is 4.87. The van der Waals surface area contributed by atoms with Gasteiger partial charge in [0.1, 0.15) is 5.75 Å². The average molecular weight is 422 g/mol. The lowest BCUT2D eigenvalue weighted by atomic mass is 9.66. The van der Waals surface area contributed by atoms with E-state index in [1.54, 1.807) is 7.11 Å². The number of para-hydroxylation sites is 1. The minimum atomic E-state index is -0.148. The zero-order valence-electron chi connectivity index (χ0n) is 19.7. The van der Waals surface area contributed by atoms with E-state index in [1.807, 2.05) is 12.1 Å². The van der Waals surface area contributed by atoms with Crippen LogP contribution in [0.15, 0.2) is 24.3 Å². The summed E-state index contributed by atoms with van der Waals surface area (Å²) < 4.78 is 11.9. The molecular weight excluding hydrogens is 378 g/mol. The minimum absolute atomic E-state index is 0.0545. The number of hydrogen-bond acceptors (Lipinski definition) is 3. The second-order valence-corrected chi connectivity index (χ2v) is 9.25. The van der Waals surface area contributed by atoms with Crippen molar-refractivity contribution >= 4 is 5.91 Å². The highest BCUT2D eigenvalue weighted by Crippen LogP contribution is 2.47. The van der Waals surface area contributed by atoms with Gasteiger partial charge in [-0.15, -0.1) is 0 Å². The number of hydrogen-bond donors (Lipinski definition) is 3. The first kappa shape index (κ1) is 24.6. The van der Waals surface area contributed by atoms with Crippen molar-refractivity contribution in [3.63, 3.8) is 0 Å². The van der Waals surface area contributed by atoms with Crippen molar-refractivity contribution in [2.75, 3.05) is 54.0 Å². The molecule has 4 N–H and O–H groups in total. The lowest BCUT2D eigenvalue weighted by Gasteiger charge is -2.47. The Kier molecular flexibility index (Phi) is 9.59. The van der Waals surface area contributed by atoms with Gasteiger partial charge in [-0.05, 0) is 38.7 Å². The topological polar surface area (TPSA) is 68.6 Å². The SMILES string of the molecule is CC[C@@]1(C)C[C@@](CCNC(=O)C[NH2+]CCC[NH+](C)C)(c2ccccc2OC)CCO1. The largest absolute Gasteiger partial charge is 0.496 e. The molecule has 0 unspecified atom stereocenters. The number of methoxy groups -OCH3 is 1. The number of nitrogens with one attached hydrogen (secondary N) is 2. The van der Waals surface area contributed by atoms with Crippen LogP contribution in [0.4, 0.5) is 0 Å². The van der Waals surface area contributed by atoms with Crippen molar-refractivity contribution in [2.45, 2.75) is 57.0 Å². The molecule has 1 saturated heterocycles. The first-order chi connectivity index (χ1) is 14.3. The molecule has 6 nitrogen and oxygen atoms in total. The number of carbonyl (C=O) groups excluding carboxylic acids is 1. The van der Waals surface area contributed by atoms with Gasteiger partial charge >= 0.3 is 0 Å². The molecule has 1 fully saturated rings. The second kappa shape index (κ2) is 11.7. The Bertz CT molecular complexity index is 667. The standard InChI is InChI=1S/C24H41N3O3/c1-6-23(2)19-24(13-17-30-23,20-10-7-8-11-21(20)29-5)12-15-26-22(28)18-25-14-9-16-27(3)4/h7-8,10-11,25H,6,9,12-19H2,1-5H3,(H,26,28)/p+2/t23-,24-/m0/s1. The summed E-state index contributed by atoms with van der Waals surface area (Å²) in [5.74, 6) is 1.05. The third-order valence-corrected chi connectivity index (χ3v) is 6.51. The Balaban J connectivity index is 1.99. The van der Waals surface area contributed by atoms with E-state index in [2.05, 4.69) is 50.7 Å². The molecule has 6 heteroatoms. The molecule has 1 aromatic rings. The van der Waals surface area contributed by atoms with Crippen LogP contribution in [0.5, 0.6) is 5.75 Å². The summed E-state index contributed by atoms with van der Waals surface area (Å²) in [6.45, 7) is 8.44. The van der Waals surface area contributed by atoms with Crippen LogP contribution in [-0.4, -0.2) is 65.5 Å². The molecule has 1 aliphatic heterocycles. The van der Waals surface area contributed by atoms with Crippen LogP contribution in [0, 0.1) is 0 Å². The van der Waals surface area contributed by atoms with E-state index in [-0.39, 0.29) is 16.9 Å². The molecule has 0 spiro atoms. The third-order valence-electron chi connectivity index (χ3n) is 6.51. The molecule has 1 amide bonds. The smallest absolute Gasteiger partial charge is 0.275 e. The van der Waals surface area contributed by atoms with E-state index < -0.39 is 0 Å². The number of amides is 1. The molecule has 2 atom stereocenters. The Labute approximate surface area is 182 Å².